The van der Waals surface area contributed by atoms with Crippen molar-refractivity contribution in [2.45, 2.75) is 13.5 Å². The van der Waals surface area contributed by atoms with E-state index in [-0.39, 0.29) is 35.3 Å². The molecule has 204 valence electrons. The summed E-state index contributed by atoms with van der Waals surface area (Å²) in [4.78, 5) is 40.2. The number of carbonyl (C=O) groups excluding carboxylic acids is 2. The zero-order chi connectivity index (χ0) is 28.8. The van der Waals surface area contributed by atoms with Crippen molar-refractivity contribution in [3.63, 3.8) is 0 Å². The van der Waals surface area contributed by atoms with Gasteiger partial charge < -0.3 is 14.6 Å². The standard InChI is InChI=1S/C28H20I2N2O7S/c1-2-38-28(35)23-24(33)22(40-27(23)31-26(34)18-6-4-3-5-7-18)14-17-12-20(29)25(21(30)13-17)39-15-16-8-10-19(11-9-16)32(36)37/h3-14,33H,2,15H2,1H3/b22-14-,31-27?. The first-order chi connectivity index (χ1) is 19.2. The summed E-state index contributed by atoms with van der Waals surface area (Å²) in [5.74, 6) is -0.984. The molecule has 1 aliphatic rings. The summed E-state index contributed by atoms with van der Waals surface area (Å²) in [6.45, 7) is 1.97. The number of esters is 1. The van der Waals surface area contributed by atoms with Crippen molar-refractivity contribution in [3.05, 3.63) is 117 Å². The highest BCUT2D eigenvalue weighted by atomic mass is 127. The molecule has 3 aromatic carbocycles. The Kier molecular flexibility index (Phi) is 9.97. The molecule has 40 heavy (non-hydrogen) atoms. The van der Waals surface area contributed by atoms with E-state index in [4.69, 9.17) is 9.47 Å². The number of rotatable bonds is 8. The van der Waals surface area contributed by atoms with Crippen molar-refractivity contribution >= 4 is 85.6 Å². The Morgan fingerprint density at radius 3 is 2.33 bits per heavy atom. The number of thioether (sulfide) groups is 1. The molecule has 0 saturated carbocycles. The maximum absolute atomic E-state index is 12.7. The highest BCUT2D eigenvalue weighted by Gasteiger charge is 2.34. The molecule has 1 aliphatic heterocycles. The molecule has 0 unspecified atom stereocenters. The highest BCUT2D eigenvalue weighted by molar-refractivity contribution is 14.1. The predicted octanol–water partition coefficient (Wildman–Crippen LogP) is 7.08. The van der Waals surface area contributed by atoms with Crippen LogP contribution >= 0.6 is 56.9 Å². The van der Waals surface area contributed by atoms with Gasteiger partial charge in [-0.05, 0) is 106 Å². The summed E-state index contributed by atoms with van der Waals surface area (Å²) in [6, 6.07) is 18.3. The van der Waals surface area contributed by atoms with Crippen LogP contribution < -0.4 is 4.74 Å². The van der Waals surface area contributed by atoms with Crippen molar-refractivity contribution in [1.29, 1.82) is 0 Å². The van der Waals surface area contributed by atoms with Gasteiger partial charge in [0.1, 0.15) is 28.7 Å². The average Bonchev–Trinajstić information content (AvgIpc) is 3.23. The Bertz CT molecular complexity index is 1550. The van der Waals surface area contributed by atoms with E-state index in [9.17, 15) is 24.8 Å². The maximum Gasteiger partial charge on any atom is 0.344 e. The lowest BCUT2D eigenvalue weighted by atomic mass is 10.1. The zero-order valence-corrected chi connectivity index (χ0v) is 25.9. The number of amides is 1. The molecule has 9 nitrogen and oxygen atoms in total. The van der Waals surface area contributed by atoms with E-state index in [1.165, 1.54) is 12.1 Å². The van der Waals surface area contributed by atoms with Gasteiger partial charge in [0, 0.05) is 17.7 Å². The van der Waals surface area contributed by atoms with Crippen molar-refractivity contribution < 1.29 is 29.1 Å². The number of hydrogen-bond acceptors (Lipinski definition) is 8. The number of non-ortho nitro benzene ring substituents is 1. The molecular formula is C28H20I2N2O7S. The van der Waals surface area contributed by atoms with Gasteiger partial charge >= 0.3 is 5.97 Å². The number of nitro benzene ring substituents is 1. The second-order valence-electron chi connectivity index (χ2n) is 8.17. The number of ether oxygens (including phenoxy) is 2. The number of nitrogens with zero attached hydrogens (tertiary/aromatic N) is 2. The molecular weight excluding hydrogens is 762 g/mol. The summed E-state index contributed by atoms with van der Waals surface area (Å²) in [5.41, 5.74) is 1.71. The molecule has 12 heteroatoms. The normalized spacial score (nSPS) is 15.0. The van der Waals surface area contributed by atoms with E-state index < -0.39 is 16.8 Å². The number of hydrogen-bond donors (Lipinski definition) is 1. The number of aliphatic hydroxyl groups is 1. The van der Waals surface area contributed by atoms with Crippen LogP contribution in [0.25, 0.3) is 6.08 Å². The predicted molar refractivity (Wildman–Crippen MR) is 169 cm³/mol. The number of aliphatic hydroxyl groups excluding tert-OH is 1. The third kappa shape index (κ3) is 7.09. The quantitative estimate of drug-likeness (QED) is 0.111. The van der Waals surface area contributed by atoms with Crippen LogP contribution in [0.3, 0.4) is 0 Å². The lowest BCUT2D eigenvalue weighted by Gasteiger charge is -2.12. The monoisotopic (exact) mass is 782 g/mol. The summed E-state index contributed by atoms with van der Waals surface area (Å²) < 4.78 is 12.7. The van der Waals surface area contributed by atoms with Gasteiger partial charge in [0.2, 0.25) is 0 Å². The molecule has 3 aromatic rings. The van der Waals surface area contributed by atoms with E-state index in [0.29, 0.717) is 16.2 Å². The number of aliphatic imine (C=N–C) groups is 1. The minimum atomic E-state index is -0.769. The first-order valence-corrected chi connectivity index (χ1v) is 14.7. The van der Waals surface area contributed by atoms with E-state index in [1.54, 1.807) is 55.5 Å². The van der Waals surface area contributed by atoms with Gasteiger partial charge in [-0.3, -0.25) is 14.9 Å². The van der Waals surface area contributed by atoms with Gasteiger partial charge in [-0.25, -0.2) is 9.79 Å². The van der Waals surface area contributed by atoms with Crippen LogP contribution in [-0.4, -0.2) is 33.6 Å². The first kappa shape index (κ1) is 29.7. The van der Waals surface area contributed by atoms with Gasteiger partial charge in [-0.1, -0.05) is 30.0 Å². The van der Waals surface area contributed by atoms with Gasteiger partial charge in [0.15, 0.2) is 0 Å². The molecule has 1 amide bonds. The van der Waals surface area contributed by atoms with Gasteiger partial charge in [0.25, 0.3) is 11.6 Å². The summed E-state index contributed by atoms with van der Waals surface area (Å²) in [6.07, 6.45) is 1.69. The molecule has 0 spiro atoms. The van der Waals surface area contributed by atoms with E-state index in [1.807, 2.05) is 12.1 Å². The van der Waals surface area contributed by atoms with Crippen LogP contribution in [-0.2, 0) is 16.1 Å². The minimum absolute atomic E-state index is 0.0103. The number of nitro groups is 1. The van der Waals surface area contributed by atoms with Crippen LogP contribution in [0.15, 0.2) is 88.0 Å². The van der Waals surface area contributed by atoms with Crippen LogP contribution in [0.2, 0.25) is 0 Å². The molecule has 0 bridgehead atoms. The molecule has 0 atom stereocenters. The second kappa shape index (κ2) is 13.4. The summed E-state index contributed by atoms with van der Waals surface area (Å²) >= 11 is 5.29. The molecule has 0 fully saturated rings. The average molecular weight is 782 g/mol. The molecule has 1 N–H and O–H groups in total. The number of carbonyl (C=O) groups is 2. The zero-order valence-electron chi connectivity index (χ0n) is 20.8. The fourth-order valence-corrected chi connectivity index (χ4v) is 6.69. The fourth-order valence-electron chi connectivity index (χ4n) is 3.55. The SMILES string of the molecule is CCOC(=O)C1=C(O)/C(=C/c2cc(I)c(OCc3ccc([N+](=O)[O-])cc3)c(I)c2)SC1=NC(=O)c1ccccc1. The Balaban J connectivity index is 1.59. The van der Waals surface area contributed by atoms with E-state index in [0.717, 1.165) is 30.0 Å². The number of halogens is 2. The summed E-state index contributed by atoms with van der Waals surface area (Å²) in [5, 5.41) is 21.9. The van der Waals surface area contributed by atoms with Crippen LogP contribution in [0, 0.1) is 17.3 Å². The molecule has 0 aromatic heterocycles. The molecule has 1 heterocycles. The Morgan fingerprint density at radius 2 is 1.73 bits per heavy atom. The van der Waals surface area contributed by atoms with Crippen LogP contribution in [0.1, 0.15) is 28.4 Å². The Hall–Kier alpha value is -3.24. The van der Waals surface area contributed by atoms with Crippen molar-refractivity contribution in [3.8, 4) is 5.75 Å². The van der Waals surface area contributed by atoms with E-state index >= 15 is 0 Å². The van der Waals surface area contributed by atoms with E-state index in [2.05, 4.69) is 50.2 Å². The Morgan fingerprint density at radius 1 is 1.07 bits per heavy atom. The lowest BCUT2D eigenvalue weighted by Crippen LogP contribution is -2.14. The molecule has 0 saturated heterocycles. The smallest absolute Gasteiger partial charge is 0.344 e. The minimum Gasteiger partial charge on any atom is -0.506 e. The number of benzene rings is 3. The van der Waals surface area contributed by atoms with Crippen molar-refractivity contribution in [1.82, 2.24) is 0 Å². The first-order valence-electron chi connectivity index (χ1n) is 11.7. The highest BCUT2D eigenvalue weighted by Crippen LogP contribution is 2.40. The van der Waals surface area contributed by atoms with Gasteiger partial charge in [0.05, 0.1) is 23.6 Å². The second-order valence-corrected chi connectivity index (χ2v) is 11.5. The van der Waals surface area contributed by atoms with Crippen molar-refractivity contribution in [2.24, 2.45) is 4.99 Å². The summed E-state index contributed by atoms with van der Waals surface area (Å²) in [7, 11) is 0. The lowest BCUT2D eigenvalue weighted by molar-refractivity contribution is -0.384. The molecule has 0 aliphatic carbocycles. The maximum atomic E-state index is 12.7. The van der Waals surface area contributed by atoms with Crippen molar-refractivity contribution in [2.75, 3.05) is 6.61 Å². The van der Waals surface area contributed by atoms with Gasteiger partial charge in [-0.2, -0.15) is 0 Å². The third-order valence-corrected chi connectivity index (χ3v) is 8.07. The molecule has 4 rings (SSSR count). The van der Waals surface area contributed by atoms with Crippen LogP contribution in [0.5, 0.6) is 5.75 Å². The van der Waals surface area contributed by atoms with Gasteiger partial charge in [-0.15, -0.1) is 0 Å². The fraction of sp³-hybridized carbons (Fsp3) is 0.107. The topological polar surface area (TPSA) is 128 Å². The third-order valence-electron chi connectivity index (χ3n) is 5.44. The van der Waals surface area contributed by atoms with Crippen LogP contribution in [0.4, 0.5) is 5.69 Å². The Labute approximate surface area is 260 Å². The molecule has 0 radical (unpaired) electrons. The largest absolute Gasteiger partial charge is 0.506 e.